The van der Waals surface area contributed by atoms with E-state index in [1.54, 1.807) is 0 Å². The van der Waals surface area contributed by atoms with Crippen LogP contribution in [-0.4, -0.2) is 35.6 Å². The molecule has 15 heavy (non-hydrogen) atoms. The van der Waals surface area contributed by atoms with Crippen molar-refractivity contribution < 1.29 is 0 Å². The topological polar surface area (TPSA) is 15.3 Å². The minimum atomic E-state index is 0.735. The second-order valence-corrected chi connectivity index (χ2v) is 5.27. The summed E-state index contributed by atoms with van der Waals surface area (Å²) in [6, 6.07) is 0.735. The number of rotatable bonds is 3. The van der Waals surface area contributed by atoms with E-state index in [-0.39, 0.29) is 0 Å². The average Bonchev–Trinajstić information content (AvgIpc) is 2.81. The largest absolute Gasteiger partial charge is 0.365 e. The molecule has 86 valence electrons. The first kappa shape index (κ1) is 11.3. The van der Waals surface area contributed by atoms with Gasteiger partial charge in [0, 0.05) is 25.7 Å². The molecule has 2 nitrogen and oxygen atoms in total. The van der Waals surface area contributed by atoms with E-state index in [0.717, 1.165) is 17.6 Å². The van der Waals surface area contributed by atoms with Crippen LogP contribution in [0.25, 0.3) is 0 Å². The van der Waals surface area contributed by atoms with Gasteiger partial charge in [0.25, 0.3) is 0 Å². The third-order valence-electron chi connectivity index (χ3n) is 3.61. The van der Waals surface area contributed by atoms with E-state index in [0.29, 0.717) is 0 Å². The Labute approximate surface area is 98.4 Å². The molecule has 1 N–H and O–H groups in total. The number of thiocarbonyl (C=S) groups is 1. The summed E-state index contributed by atoms with van der Waals surface area (Å²) in [6.07, 6.45) is 9.56. The van der Waals surface area contributed by atoms with Crippen molar-refractivity contribution >= 4 is 17.2 Å². The summed E-state index contributed by atoms with van der Waals surface area (Å²) in [6.45, 7) is 3.30. The fraction of sp³-hybridized carbons (Fsp3) is 0.917. The second kappa shape index (κ2) is 5.80. The van der Waals surface area contributed by atoms with Crippen molar-refractivity contribution in [1.29, 1.82) is 0 Å². The molecule has 1 aliphatic carbocycles. The predicted octanol–water partition coefficient (Wildman–Crippen LogP) is 2.33. The van der Waals surface area contributed by atoms with Crippen molar-refractivity contribution in [3.63, 3.8) is 0 Å². The zero-order valence-electron chi connectivity index (χ0n) is 9.50. The standard InChI is InChI=1S/C12H22N2S/c15-12(14-8-4-5-9-14)10-13-11-6-2-1-3-7-11/h11,13H,1-10H2. The molecule has 0 aromatic carbocycles. The van der Waals surface area contributed by atoms with Crippen molar-refractivity contribution in [1.82, 2.24) is 10.2 Å². The van der Waals surface area contributed by atoms with Crippen molar-refractivity contribution in [2.24, 2.45) is 0 Å². The van der Waals surface area contributed by atoms with Crippen LogP contribution in [0.1, 0.15) is 44.9 Å². The zero-order chi connectivity index (χ0) is 10.5. The Morgan fingerprint density at radius 2 is 1.73 bits per heavy atom. The Hall–Kier alpha value is -0.150. The number of hydrogen-bond donors (Lipinski definition) is 1. The van der Waals surface area contributed by atoms with E-state index in [1.165, 1.54) is 58.0 Å². The Morgan fingerprint density at radius 3 is 2.40 bits per heavy atom. The van der Waals surface area contributed by atoms with Gasteiger partial charge in [0.1, 0.15) is 0 Å². The predicted molar refractivity (Wildman–Crippen MR) is 68.3 cm³/mol. The van der Waals surface area contributed by atoms with Gasteiger partial charge in [-0.15, -0.1) is 0 Å². The van der Waals surface area contributed by atoms with E-state index in [9.17, 15) is 0 Å². The maximum Gasteiger partial charge on any atom is 0.0919 e. The van der Waals surface area contributed by atoms with Crippen LogP contribution in [0, 0.1) is 0 Å². The minimum Gasteiger partial charge on any atom is -0.365 e. The van der Waals surface area contributed by atoms with Crippen molar-refractivity contribution in [2.75, 3.05) is 19.6 Å². The van der Waals surface area contributed by atoms with E-state index < -0.39 is 0 Å². The van der Waals surface area contributed by atoms with Crippen LogP contribution in [0.2, 0.25) is 0 Å². The molecule has 2 aliphatic rings. The monoisotopic (exact) mass is 226 g/mol. The van der Waals surface area contributed by atoms with Crippen LogP contribution in [0.4, 0.5) is 0 Å². The van der Waals surface area contributed by atoms with Gasteiger partial charge in [-0.25, -0.2) is 0 Å². The van der Waals surface area contributed by atoms with Crippen LogP contribution in [0.15, 0.2) is 0 Å². The highest BCUT2D eigenvalue weighted by molar-refractivity contribution is 7.80. The first-order chi connectivity index (χ1) is 7.36. The van der Waals surface area contributed by atoms with Gasteiger partial charge in [0.15, 0.2) is 0 Å². The van der Waals surface area contributed by atoms with E-state index in [4.69, 9.17) is 12.2 Å². The van der Waals surface area contributed by atoms with Crippen LogP contribution in [0.5, 0.6) is 0 Å². The normalized spacial score (nSPS) is 23.3. The highest BCUT2D eigenvalue weighted by atomic mass is 32.1. The minimum absolute atomic E-state index is 0.735. The van der Waals surface area contributed by atoms with Crippen molar-refractivity contribution in [3.05, 3.63) is 0 Å². The van der Waals surface area contributed by atoms with Gasteiger partial charge in [-0.05, 0) is 25.7 Å². The van der Waals surface area contributed by atoms with Crippen molar-refractivity contribution in [2.45, 2.75) is 51.0 Å². The molecular weight excluding hydrogens is 204 g/mol. The van der Waals surface area contributed by atoms with E-state index in [2.05, 4.69) is 10.2 Å². The highest BCUT2D eigenvalue weighted by Gasteiger charge is 2.17. The number of likely N-dealkylation sites (tertiary alicyclic amines) is 1. The molecule has 0 aromatic rings. The lowest BCUT2D eigenvalue weighted by molar-refractivity contribution is 0.383. The molecule has 0 unspecified atom stereocenters. The van der Waals surface area contributed by atoms with Crippen LogP contribution in [-0.2, 0) is 0 Å². The van der Waals surface area contributed by atoms with E-state index >= 15 is 0 Å². The Balaban J connectivity index is 1.65. The molecule has 0 atom stereocenters. The molecule has 3 heteroatoms. The third-order valence-corrected chi connectivity index (χ3v) is 4.01. The molecule has 1 saturated heterocycles. The quantitative estimate of drug-likeness (QED) is 0.744. The summed E-state index contributed by atoms with van der Waals surface area (Å²) < 4.78 is 0. The Kier molecular flexibility index (Phi) is 4.39. The van der Waals surface area contributed by atoms with Crippen LogP contribution in [0.3, 0.4) is 0 Å². The average molecular weight is 226 g/mol. The number of nitrogens with one attached hydrogen (secondary N) is 1. The Morgan fingerprint density at radius 1 is 1.07 bits per heavy atom. The van der Waals surface area contributed by atoms with E-state index in [1.807, 2.05) is 0 Å². The van der Waals surface area contributed by atoms with Crippen LogP contribution < -0.4 is 5.32 Å². The SMILES string of the molecule is S=C(CNC1CCCCC1)N1CCCC1. The lowest BCUT2D eigenvalue weighted by Gasteiger charge is -2.25. The van der Waals surface area contributed by atoms with Gasteiger partial charge in [-0.1, -0.05) is 31.5 Å². The second-order valence-electron chi connectivity index (χ2n) is 4.80. The maximum atomic E-state index is 5.45. The maximum absolute atomic E-state index is 5.45. The molecule has 1 heterocycles. The molecule has 0 spiro atoms. The first-order valence-electron chi connectivity index (χ1n) is 6.37. The van der Waals surface area contributed by atoms with Gasteiger partial charge in [0.2, 0.25) is 0 Å². The van der Waals surface area contributed by atoms with Gasteiger partial charge in [0.05, 0.1) is 4.99 Å². The summed E-state index contributed by atoms with van der Waals surface area (Å²) in [4.78, 5) is 3.50. The third kappa shape index (κ3) is 3.42. The molecule has 2 fully saturated rings. The molecule has 0 radical (unpaired) electrons. The van der Waals surface area contributed by atoms with Gasteiger partial charge in [-0.2, -0.15) is 0 Å². The fourth-order valence-corrected chi connectivity index (χ4v) is 2.88. The zero-order valence-corrected chi connectivity index (χ0v) is 10.3. The smallest absolute Gasteiger partial charge is 0.0919 e. The molecular formula is C12H22N2S. The summed E-state index contributed by atoms with van der Waals surface area (Å²) in [5.41, 5.74) is 0. The van der Waals surface area contributed by atoms with Gasteiger partial charge >= 0.3 is 0 Å². The summed E-state index contributed by atoms with van der Waals surface area (Å²) in [5.74, 6) is 0. The summed E-state index contributed by atoms with van der Waals surface area (Å²) >= 11 is 5.45. The lowest BCUT2D eigenvalue weighted by Crippen LogP contribution is -2.40. The molecule has 0 aromatic heterocycles. The number of hydrogen-bond acceptors (Lipinski definition) is 2. The van der Waals surface area contributed by atoms with Gasteiger partial charge in [-0.3, -0.25) is 0 Å². The lowest BCUT2D eigenvalue weighted by atomic mass is 9.95. The molecule has 0 amide bonds. The molecule has 1 saturated carbocycles. The molecule has 1 aliphatic heterocycles. The van der Waals surface area contributed by atoms with Gasteiger partial charge < -0.3 is 10.2 Å². The molecule has 2 rings (SSSR count). The van der Waals surface area contributed by atoms with Crippen molar-refractivity contribution in [3.8, 4) is 0 Å². The summed E-state index contributed by atoms with van der Waals surface area (Å²) in [5, 5.41) is 3.62. The fourth-order valence-electron chi connectivity index (χ4n) is 2.62. The number of nitrogens with zero attached hydrogens (tertiary/aromatic N) is 1. The summed E-state index contributed by atoms with van der Waals surface area (Å²) in [7, 11) is 0. The highest BCUT2D eigenvalue weighted by Crippen LogP contribution is 2.17. The first-order valence-corrected chi connectivity index (χ1v) is 6.78. The molecule has 0 bridgehead atoms. The Bertz CT molecular complexity index is 206. The van der Waals surface area contributed by atoms with Crippen LogP contribution >= 0.6 is 12.2 Å².